The van der Waals surface area contributed by atoms with Crippen LogP contribution in [0.4, 0.5) is 0 Å². The Morgan fingerprint density at radius 2 is 1.22 bits per heavy atom. The van der Waals surface area contributed by atoms with Crippen molar-refractivity contribution in [2.45, 2.75) is 193 Å². The van der Waals surface area contributed by atoms with Crippen molar-refractivity contribution < 1.29 is 98.4 Å². The molecule has 0 spiro atoms. The van der Waals surface area contributed by atoms with Gasteiger partial charge in [0.25, 0.3) is 0 Å². The molecule has 4 atom stereocenters. The fraction of sp³-hybridized carbons (Fsp3) is 0.638. The van der Waals surface area contributed by atoms with Crippen LogP contribution in [0.25, 0.3) is 0 Å². The summed E-state index contributed by atoms with van der Waals surface area (Å²) in [4.78, 5) is 27.1. The van der Waals surface area contributed by atoms with E-state index in [1.165, 1.54) is 52.7 Å². The molecule has 1 heterocycles. The van der Waals surface area contributed by atoms with Gasteiger partial charge in [-0.15, -0.1) is 0 Å². The summed E-state index contributed by atoms with van der Waals surface area (Å²) in [7, 11) is 0. The van der Waals surface area contributed by atoms with Crippen molar-refractivity contribution in [3.05, 3.63) is 95.7 Å². The van der Waals surface area contributed by atoms with Crippen LogP contribution in [0.15, 0.2) is 77.4 Å². The third-order valence-corrected chi connectivity index (χ3v) is 13.1. The molecule has 0 bridgehead atoms. The number of nitrogens with one attached hydrogen (secondary N) is 2. The fourth-order valence-electron chi connectivity index (χ4n) is 7.54. The molecule has 5 aliphatic carbocycles. The Bertz CT molecular complexity index is 1640. The van der Waals surface area contributed by atoms with Crippen LogP contribution >= 0.6 is 48.7 Å². The Morgan fingerprint density at radius 1 is 0.781 bits per heavy atom. The molecule has 64 heavy (non-hydrogen) atoms. The number of aliphatic hydroxyl groups excluding tert-OH is 2. The predicted molar refractivity (Wildman–Crippen MR) is 280 cm³/mol. The SMILES string of the molecule is C.C.C.C=COC1CCC(C)=C1CC.CC1=C(Br)C(=O)CC1.CC1=C(Br)C(O)CC1.CCC1=C(C)CCC1Cc1c[nH]c(=O)[nH]1.CCC1=C(C)CCC1O.[B].[Br-].[CH2-]C.[Cl][Ce]([Cl])[Cl].[H-].[Mg+2].[Na+]. The van der Waals surface area contributed by atoms with E-state index in [0.717, 1.165) is 78.9 Å². The predicted octanol–water partition coefficient (Wildman–Crippen LogP) is 9.29. The number of aromatic nitrogens is 2. The Balaban J connectivity index is -0.0000000824. The maximum Gasteiger partial charge on any atom is 2.00 e. The van der Waals surface area contributed by atoms with Gasteiger partial charge in [-0.1, -0.05) is 99.0 Å². The normalized spacial score (nSPS) is 19.8. The number of carbonyl (C=O) groups excluding carboxylic acids is 1. The minimum absolute atomic E-state index is 0. The number of halogens is 6. The van der Waals surface area contributed by atoms with Gasteiger partial charge in [-0.25, -0.2) is 4.79 Å². The second-order valence-corrected chi connectivity index (χ2v) is 30.0. The minimum atomic E-state index is -2.24. The van der Waals surface area contributed by atoms with Crippen LogP contribution < -0.4 is 52.2 Å². The molecule has 0 amide bonds. The Hall–Kier alpha value is 2.36. The number of hydrogen-bond acceptors (Lipinski definition) is 5. The minimum Gasteiger partial charge on any atom is -1.00 e. The number of ether oxygens (including phenoxy) is 1. The molecule has 1 aromatic heterocycles. The van der Waals surface area contributed by atoms with Gasteiger partial charge in [0.2, 0.25) is 0 Å². The Labute approximate surface area is 481 Å². The van der Waals surface area contributed by atoms with Crippen molar-refractivity contribution in [3.8, 4) is 0 Å². The summed E-state index contributed by atoms with van der Waals surface area (Å²) in [6.07, 6.45) is 18.0. The van der Waals surface area contributed by atoms with Gasteiger partial charge < -0.3 is 50.2 Å². The van der Waals surface area contributed by atoms with Gasteiger partial charge in [-0.2, -0.15) is 6.92 Å². The average Bonchev–Trinajstić information content (AvgIpc) is 4.03. The number of aromatic amines is 2. The summed E-state index contributed by atoms with van der Waals surface area (Å²) in [5, 5.41) is 18.4. The average molecular weight is 1300 g/mol. The van der Waals surface area contributed by atoms with Gasteiger partial charge in [0.15, 0.2) is 5.78 Å². The molecule has 362 valence electrons. The molecule has 0 saturated heterocycles. The van der Waals surface area contributed by atoms with Crippen molar-refractivity contribution in [1.29, 1.82) is 0 Å². The molecule has 6 rings (SSSR count). The fourth-order valence-corrected chi connectivity index (χ4v) is 8.36. The standard InChI is InChI=1S/C12H18N2O.C10H16O.C8H14O.C6H9BrO.C6H7BrO.C2H5.3CH4.B.BrH.Ce.3ClH.Mg.Na.H/c1-3-11-8(2)4-5-9(11)6-10-7-13-12(15)14-10;1-4-9-8(3)6-7-10(9)11-5-2;1-3-7-6(2)4-5-8(7)9;2*1-4-2-3-5(8)6(4)7;1-2;;;;;;;;;;;;/h7,9H,3-6H2,1-2H3,(H2,13,14,15);5,10H,2,4,6-7H2,1,3H3;8-9H,3-5H2,1-2H3;5,8H,2-3H2,1H3;2-3H2,1H3;1H2,2H3;3*1H4;;1H;;3*1H;;;/q;;;;;-1;;;;;;+3;;;;+2;+1;-1/p-4. The third-order valence-electron chi connectivity index (χ3n) is 10.7. The molecule has 1 aromatic rings. The van der Waals surface area contributed by atoms with Crippen molar-refractivity contribution in [2.75, 3.05) is 0 Å². The second-order valence-electron chi connectivity index (χ2n) is 14.5. The zero-order chi connectivity index (χ0) is 43.8. The molecule has 5 aliphatic rings. The largest absolute Gasteiger partial charge is 2.00 e. The smallest absolute Gasteiger partial charge is 1.00 e. The molecular weight excluding hydrogens is 1220 g/mol. The van der Waals surface area contributed by atoms with E-state index >= 15 is 0 Å². The first-order chi connectivity index (χ1) is 26.9. The van der Waals surface area contributed by atoms with Crippen LogP contribution in [0.5, 0.6) is 0 Å². The van der Waals surface area contributed by atoms with Gasteiger partial charge in [-0.05, 0) is 151 Å². The van der Waals surface area contributed by atoms with E-state index in [1.807, 2.05) is 13.8 Å². The Kier molecular flexibility index (Phi) is 62.0. The van der Waals surface area contributed by atoms with Crippen LogP contribution in [-0.2, 0) is 16.0 Å². The number of hydrogen-bond donors (Lipinski definition) is 4. The number of allylic oxidation sites excluding steroid dienone is 7. The number of ketones is 1. The number of carbonyl (C=O) groups is 1. The number of rotatable bonds is 7. The first kappa shape index (κ1) is 83.2. The monoisotopic (exact) mass is 1290 g/mol. The van der Waals surface area contributed by atoms with Crippen LogP contribution in [0.2, 0.25) is 0 Å². The summed E-state index contributed by atoms with van der Waals surface area (Å²) in [6.45, 7) is 25.7. The third kappa shape index (κ3) is 32.4. The van der Waals surface area contributed by atoms with Gasteiger partial charge in [0.1, 0.15) is 6.10 Å². The molecule has 0 aliphatic heterocycles. The van der Waals surface area contributed by atoms with Gasteiger partial charge in [0.05, 0.1) is 23.0 Å². The maximum atomic E-state index is 11.0. The van der Waals surface area contributed by atoms with Crippen molar-refractivity contribution >= 4 is 86.0 Å². The molecule has 17 heteroatoms. The van der Waals surface area contributed by atoms with Crippen LogP contribution in [-0.4, -0.2) is 75.7 Å². The quantitative estimate of drug-likeness (QED) is 0.0942. The van der Waals surface area contributed by atoms with E-state index in [4.69, 9.17) is 26.7 Å². The van der Waals surface area contributed by atoms with Crippen molar-refractivity contribution in [2.24, 2.45) is 5.92 Å². The molecule has 0 fully saturated rings. The molecule has 3 radical (unpaired) electrons. The van der Waals surface area contributed by atoms with Crippen LogP contribution in [0, 0.1) is 43.5 Å². The summed E-state index contributed by atoms with van der Waals surface area (Å²) in [5.41, 5.74) is 27.3. The number of Topliss-reactive ketones (excluding diaryl/α,β-unsaturated/α-hetero) is 1. The van der Waals surface area contributed by atoms with Crippen LogP contribution in [0.1, 0.15) is 175 Å². The topological polar surface area (TPSA) is 115 Å². The zero-order valence-corrected chi connectivity index (χ0v) is 52.0. The second kappa shape index (κ2) is 47.7. The number of aliphatic hydroxyl groups is 2. The Morgan fingerprint density at radius 3 is 1.52 bits per heavy atom. The summed E-state index contributed by atoms with van der Waals surface area (Å²) >= 11 is 4.26. The first-order valence-electron chi connectivity index (χ1n) is 20.1. The zero-order valence-electron chi connectivity index (χ0n) is 39.4. The number of imidazole rings is 1. The molecule has 4 N–H and O–H groups in total. The molecule has 0 saturated carbocycles. The molecule has 0 aromatic carbocycles. The van der Waals surface area contributed by atoms with E-state index in [2.05, 4.69) is 96.9 Å². The van der Waals surface area contributed by atoms with E-state index in [0.29, 0.717) is 18.4 Å². The van der Waals surface area contributed by atoms with Gasteiger partial charge >= 0.3 is 106 Å². The number of H-pyrrole nitrogens is 2. The van der Waals surface area contributed by atoms with E-state index < -0.39 is 30.7 Å². The molecule has 7 nitrogen and oxygen atoms in total. The molecule has 4 unspecified atom stereocenters. The van der Waals surface area contributed by atoms with E-state index in [1.54, 1.807) is 30.5 Å². The summed E-state index contributed by atoms with van der Waals surface area (Å²) in [6, 6.07) is 0. The van der Waals surface area contributed by atoms with E-state index in [-0.39, 0.29) is 125 Å². The van der Waals surface area contributed by atoms with Crippen LogP contribution in [0.3, 0.4) is 0 Å². The summed E-state index contributed by atoms with van der Waals surface area (Å²) in [5.74, 6) is 0.893. The van der Waals surface area contributed by atoms with Crippen molar-refractivity contribution in [3.63, 3.8) is 0 Å². The summed E-state index contributed by atoms with van der Waals surface area (Å²) < 4.78 is 7.18. The van der Waals surface area contributed by atoms with Gasteiger partial charge in [-0.3, -0.25) is 4.79 Å². The van der Waals surface area contributed by atoms with E-state index in [9.17, 15) is 14.7 Å². The first-order valence-corrected chi connectivity index (χ1v) is 33.5. The molecular formula is C47H82BBr3CeCl3MgN2NaO5. The maximum absolute atomic E-state index is 11.0. The van der Waals surface area contributed by atoms with Gasteiger partial charge in [0, 0.05) is 31.2 Å². The van der Waals surface area contributed by atoms with Crippen molar-refractivity contribution in [1.82, 2.24) is 9.97 Å².